The van der Waals surface area contributed by atoms with E-state index in [-0.39, 0.29) is 23.5 Å². The van der Waals surface area contributed by atoms with Crippen molar-refractivity contribution in [3.63, 3.8) is 0 Å². The molecule has 1 aromatic rings. The van der Waals surface area contributed by atoms with E-state index in [9.17, 15) is 10.1 Å². The predicted octanol–water partition coefficient (Wildman–Crippen LogP) is 2.06. The Hall–Kier alpha value is -1.61. The van der Waals surface area contributed by atoms with Gasteiger partial charge in [0.25, 0.3) is 0 Å². The van der Waals surface area contributed by atoms with Crippen LogP contribution in [0.4, 0.5) is 17.5 Å². The first kappa shape index (κ1) is 15.8. The van der Waals surface area contributed by atoms with E-state index in [0.717, 1.165) is 25.0 Å². The number of aryl methyl sites for hydroxylation is 1. The first-order chi connectivity index (χ1) is 10.0. The lowest BCUT2D eigenvalue weighted by Crippen LogP contribution is -2.20. The lowest BCUT2D eigenvalue weighted by molar-refractivity contribution is -0.385. The maximum Gasteiger partial charge on any atom is 0.332 e. The third-order valence-electron chi connectivity index (χ3n) is 3.50. The van der Waals surface area contributed by atoms with Gasteiger partial charge in [-0.05, 0) is 31.9 Å². The molecule has 1 fully saturated rings. The van der Waals surface area contributed by atoms with Gasteiger partial charge in [-0.25, -0.2) is 10.8 Å². The number of nitrogens with one attached hydrogen (secondary N) is 2. The maximum atomic E-state index is 11.2. The minimum atomic E-state index is -0.453. The molecule has 0 amide bonds. The number of anilines is 2. The van der Waals surface area contributed by atoms with Crippen LogP contribution in [-0.4, -0.2) is 31.9 Å². The van der Waals surface area contributed by atoms with Gasteiger partial charge in [0.2, 0.25) is 11.8 Å². The van der Waals surface area contributed by atoms with Crippen LogP contribution in [0.5, 0.6) is 0 Å². The Morgan fingerprint density at radius 2 is 2.24 bits per heavy atom. The lowest BCUT2D eigenvalue weighted by atomic mass is 10.2. The van der Waals surface area contributed by atoms with Crippen molar-refractivity contribution in [2.24, 2.45) is 5.84 Å². The van der Waals surface area contributed by atoms with Gasteiger partial charge < -0.3 is 5.32 Å². The van der Waals surface area contributed by atoms with Gasteiger partial charge in [0.1, 0.15) is 5.69 Å². The topological polar surface area (TPSA) is 119 Å². The molecule has 9 heteroatoms. The van der Waals surface area contributed by atoms with E-state index < -0.39 is 4.92 Å². The molecule has 1 aliphatic rings. The molecule has 0 saturated heterocycles. The molecule has 2 unspecified atom stereocenters. The zero-order valence-corrected chi connectivity index (χ0v) is 12.9. The van der Waals surface area contributed by atoms with Crippen LogP contribution in [0.1, 0.15) is 31.9 Å². The third-order valence-corrected chi connectivity index (χ3v) is 4.73. The van der Waals surface area contributed by atoms with Crippen molar-refractivity contribution in [1.82, 2.24) is 9.97 Å². The van der Waals surface area contributed by atoms with Crippen molar-refractivity contribution in [3.05, 3.63) is 15.8 Å². The molecule has 0 spiro atoms. The minimum Gasteiger partial charge on any atom is -0.361 e. The third kappa shape index (κ3) is 3.73. The Morgan fingerprint density at radius 3 is 2.86 bits per heavy atom. The number of nitrogen functional groups attached to an aromatic ring is 1. The van der Waals surface area contributed by atoms with Crippen LogP contribution in [-0.2, 0) is 0 Å². The van der Waals surface area contributed by atoms with Crippen molar-refractivity contribution in [2.75, 3.05) is 16.5 Å². The molecule has 1 saturated carbocycles. The van der Waals surface area contributed by atoms with Crippen LogP contribution in [0, 0.1) is 17.0 Å². The average Bonchev–Trinajstić information content (AvgIpc) is 2.85. The van der Waals surface area contributed by atoms with E-state index in [0.29, 0.717) is 10.9 Å². The number of aromatic nitrogens is 2. The molecule has 4 N–H and O–H groups in total. The molecule has 0 radical (unpaired) electrons. The Kier molecular flexibility index (Phi) is 5.18. The van der Waals surface area contributed by atoms with E-state index >= 15 is 0 Å². The van der Waals surface area contributed by atoms with Crippen molar-refractivity contribution in [1.29, 1.82) is 0 Å². The van der Waals surface area contributed by atoms with E-state index in [2.05, 4.69) is 27.6 Å². The summed E-state index contributed by atoms with van der Waals surface area (Å²) in [6.45, 7) is 3.72. The van der Waals surface area contributed by atoms with Crippen molar-refractivity contribution < 1.29 is 4.92 Å². The van der Waals surface area contributed by atoms with Gasteiger partial charge in [0, 0.05) is 11.3 Å². The zero-order valence-electron chi connectivity index (χ0n) is 12.1. The fourth-order valence-corrected chi connectivity index (χ4v) is 3.74. The molecule has 2 atom stereocenters. The average molecular weight is 312 g/mol. The van der Waals surface area contributed by atoms with Crippen molar-refractivity contribution in [3.8, 4) is 0 Å². The second kappa shape index (κ2) is 6.90. The van der Waals surface area contributed by atoms with Crippen LogP contribution in [0.2, 0.25) is 0 Å². The van der Waals surface area contributed by atoms with E-state index in [4.69, 9.17) is 5.84 Å². The summed E-state index contributed by atoms with van der Waals surface area (Å²) in [6, 6.07) is 0.202. The summed E-state index contributed by atoms with van der Waals surface area (Å²) in [5.41, 5.74) is 2.55. The van der Waals surface area contributed by atoms with Gasteiger partial charge in [-0.15, -0.1) is 0 Å². The smallest absolute Gasteiger partial charge is 0.332 e. The Labute approximate surface area is 127 Å². The number of nitro groups is 1. The highest BCUT2D eigenvalue weighted by Crippen LogP contribution is 2.34. The molecule has 116 valence electrons. The quantitative estimate of drug-likeness (QED) is 0.415. The molecule has 0 bridgehead atoms. The first-order valence-electron chi connectivity index (χ1n) is 6.93. The summed E-state index contributed by atoms with van der Waals surface area (Å²) in [7, 11) is 0. The van der Waals surface area contributed by atoms with Gasteiger partial charge in [0.05, 0.1) is 4.92 Å². The predicted molar refractivity (Wildman–Crippen MR) is 84.4 cm³/mol. The highest BCUT2D eigenvalue weighted by atomic mass is 32.2. The Balaban J connectivity index is 2.19. The van der Waals surface area contributed by atoms with Crippen molar-refractivity contribution >= 4 is 29.2 Å². The van der Waals surface area contributed by atoms with E-state index in [1.54, 1.807) is 6.92 Å². The molecule has 1 aliphatic carbocycles. The number of hydrogen-bond donors (Lipinski definition) is 3. The second-order valence-electron chi connectivity index (χ2n) is 4.96. The molecule has 0 aliphatic heterocycles. The van der Waals surface area contributed by atoms with Crippen LogP contribution in [0.25, 0.3) is 0 Å². The summed E-state index contributed by atoms with van der Waals surface area (Å²) < 4.78 is 0. The highest BCUT2D eigenvalue weighted by Gasteiger charge is 2.29. The zero-order chi connectivity index (χ0) is 15.4. The van der Waals surface area contributed by atoms with Gasteiger partial charge >= 0.3 is 5.69 Å². The van der Waals surface area contributed by atoms with Crippen molar-refractivity contribution in [2.45, 2.75) is 44.4 Å². The largest absolute Gasteiger partial charge is 0.361 e. The van der Waals surface area contributed by atoms with Gasteiger partial charge in [-0.2, -0.15) is 16.7 Å². The van der Waals surface area contributed by atoms with Gasteiger partial charge in [-0.3, -0.25) is 15.5 Å². The van der Waals surface area contributed by atoms with Crippen LogP contribution < -0.4 is 16.6 Å². The maximum absolute atomic E-state index is 11.2. The fourth-order valence-electron chi connectivity index (χ4n) is 2.60. The van der Waals surface area contributed by atoms with E-state index in [1.807, 2.05) is 11.8 Å². The summed E-state index contributed by atoms with van der Waals surface area (Å²) in [4.78, 5) is 18.8. The molecule has 1 aromatic heterocycles. The second-order valence-corrected chi connectivity index (χ2v) is 6.54. The number of nitrogens with zero attached hydrogens (tertiary/aromatic N) is 3. The number of thioether (sulfide) groups is 1. The fraction of sp³-hybridized carbons (Fsp3) is 0.667. The molecule has 0 aromatic carbocycles. The van der Waals surface area contributed by atoms with Gasteiger partial charge in [0.15, 0.2) is 0 Å². The standard InChI is InChI=1S/C12H20N6O2S/c1-3-21-9-5-4-8(6-9)15-11-10(18(19)20)7(2)14-12(16-11)17-13/h8-9H,3-6,13H2,1-2H3,(H2,14,15,16,17). The van der Waals surface area contributed by atoms with Crippen LogP contribution in [0.15, 0.2) is 0 Å². The normalized spacial score (nSPS) is 21.3. The van der Waals surface area contributed by atoms with Crippen LogP contribution >= 0.6 is 11.8 Å². The number of hydrogen-bond acceptors (Lipinski definition) is 8. The minimum absolute atomic E-state index is 0.0828. The number of hydrazine groups is 1. The summed E-state index contributed by atoms with van der Waals surface area (Å²) in [6.07, 6.45) is 3.10. The molecule has 8 nitrogen and oxygen atoms in total. The molecular formula is C12H20N6O2S. The number of nitrogens with two attached hydrogens (primary N) is 1. The summed E-state index contributed by atoms with van der Waals surface area (Å²) in [5, 5.41) is 15.0. The van der Waals surface area contributed by atoms with E-state index in [1.165, 1.54) is 0 Å². The molecule has 2 rings (SSSR count). The van der Waals surface area contributed by atoms with Gasteiger partial charge in [-0.1, -0.05) is 6.92 Å². The molecule has 1 heterocycles. The first-order valence-corrected chi connectivity index (χ1v) is 7.97. The Bertz CT molecular complexity index is 527. The molecular weight excluding hydrogens is 292 g/mol. The SMILES string of the molecule is CCSC1CCC(Nc2nc(NN)nc(C)c2[N+](=O)[O-])C1. The lowest BCUT2D eigenvalue weighted by Gasteiger charge is -2.15. The summed E-state index contributed by atoms with van der Waals surface area (Å²) >= 11 is 1.94. The monoisotopic (exact) mass is 312 g/mol. The molecule has 21 heavy (non-hydrogen) atoms. The number of rotatable bonds is 6. The Morgan fingerprint density at radius 1 is 1.48 bits per heavy atom. The highest BCUT2D eigenvalue weighted by molar-refractivity contribution is 7.99. The summed E-state index contributed by atoms with van der Waals surface area (Å²) in [5.74, 6) is 6.82. The van der Waals surface area contributed by atoms with Crippen LogP contribution in [0.3, 0.4) is 0 Å².